The summed E-state index contributed by atoms with van der Waals surface area (Å²) in [5, 5.41) is 3.70. The first-order chi connectivity index (χ1) is 8.86. The first-order valence-corrected chi connectivity index (χ1v) is 8.18. The minimum Gasteiger partial charge on any atom is -0.380 e. The molecule has 0 bridgehead atoms. The van der Waals surface area contributed by atoms with Crippen molar-refractivity contribution in [3.63, 3.8) is 0 Å². The van der Waals surface area contributed by atoms with Crippen LogP contribution in [-0.2, 0) is 4.74 Å². The van der Waals surface area contributed by atoms with Crippen molar-refractivity contribution in [1.82, 2.24) is 5.32 Å². The fourth-order valence-electron chi connectivity index (χ4n) is 3.93. The molecule has 3 fully saturated rings. The molecule has 2 nitrogen and oxygen atoms in total. The molecule has 0 atom stereocenters. The van der Waals surface area contributed by atoms with Gasteiger partial charge in [0.05, 0.1) is 6.61 Å². The molecule has 0 unspecified atom stereocenters. The van der Waals surface area contributed by atoms with E-state index in [4.69, 9.17) is 4.74 Å². The minimum atomic E-state index is 0.778. The zero-order valence-corrected chi connectivity index (χ0v) is 11.8. The predicted octanol–water partition coefficient (Wildman–Crippen LogP) is 3.51. The molecular weight excluding hydrogens is 222 g/mol. The Hall–Kier alpha value is -0.0800. The smallest absolute Gasteiger partial charge is 0.0591 e. The van der Waals surface area contributed by atoms with Gasteiger partial charge in [-0.1, -0.05) is 12.8 Å². The van der Waals surface area contributed by atoms with Gasteiger partial charge in [0.25, 0.3) is 0 Å². The SMILES string of the molecule is C1CCC2(C1)CCC(NCCOCC1CC1)CC2. The molecule has 0 aromatic heterocycles. The van der Waals surface area contributed by atoms with Crippen LogP contribution in [0.15, 0.2) is 0 Å². The topological polar surface area (TPSA) is 21.3 Å². The lowest BCUT2D eigenvalue weighted by Crippen LogP contribution is -2.38. The average Bonchev–Trinajstić information content (AvgIpc) is 3.12. The molecule has 0 aromatic carbocycles. The van der Waals surface area contributed by atoms with Crippen molar-refractivity contribution in [2.75, 3.05) is 19.8 Å². The molecule has 0 saturated heterocycles. The Labute approximate surface area is 112 Å². The quantitative estimate of drug-likeness (QED) is 0.729. The molecule has 2 heteroatoms. The standard InChI is InChI=1S/C16H29NO/c1-2-8-16(7-1)9-5-15(6-10-16)17-11-12-18-13-14-3-4-14/h14-15,17H,1-13H2. The largest absolute Gasteiger partial charge is 0.380 e. The Morgan fingerprint density at radius 2 is 1.67 bits per heavy atom. The van der Waals surface area contributed by atoms with E-state index < -0.39 is 0 Å². The molecule has 1 spiro atoms. The third-order valence-electron chi connectivity index (χ3n) is 5.44. The molecule has 104 valence electrons. The summed E-state index contributed by atoms with van der Waals surface area (Å²) in [5.41, 5.74) is 0.778. The van der Waals surface area contributed by atoms with Crippen LogP contribution in [0, 0.1) is 11.3 Å². The molecule has 3 saturated carbocycles. The van der Waals surface area contributed by atoms with E-state index in [1.54, 1.807) is 0 Å². The number of nitrogens with one attached hydrogen (secondary N) is 1. The van der Waals surface area contributed by atoms with Crippen molar-refractivity contribution in [1.29, 1.82) is 0 Å². The van der Waals surface area contributed by atoms with Gasteiger partial charge in [0.15, 0.2) is 0 Å². The molecule has 0 heterocycles. The maximum atomic E-state index is 5.68. The molecule has 3 rings (SSSR count). The summed E-state index contributed by atoms with van der Waals surface area (Å²) < 4.78 is 5.68. The molecule has 3 aliphatic carbocycles. The zero-order valence-electron chi connectivity index (χ0n) is 11.8. The summed E-state index contributed by atoms with van der Waals surface area (Å²) in [7, 11) is 0. The first kappa shape index (κ1) is 12.9. The van der Waals surface area contributed by atoms with E-state index in [0.29, 0.717) is 0 Å². The summed E-state index contributed by atoms with van der Waals surface area (Å²) in [6.45, 7) is 2.98. The van der Waals surface area contributed by atoms with Gasteiger partial charge in [-0.25, -0.2) is 0 Å². The van der Waals surface area contributed by atoms with Crippen LogP contribution in [0.4, 0.5) is 0 Å². The highest BCUT2D eigenvalue weighted by molar-refractivity contribution is 4.91. The maximum Gasteiger partial charge on any atom is 0.0591 e. The van der Waals surface area contributed by atoms with E-state index >= 15 is 0 Å². The Kier molecular flexibility index (Phi) is 4.25. The monoisotopic (exact) mass is 251 g/mol. The van der Waals surface area contributed by atoms with Gasteiger partial charge in [-0.05, 0) is 62.7 Å². The summed E-state index contributed by atoms with van der Waals surface area (Å²) in [5.74, 6) is 0.905. The van der Waals surface area contributed by atoms with Crippen molar-refractivity contribution in [2.45, 2.75) is 70.3 Å². The van der Waals surface area contributed by atoms with Crippen molar-refractivity contribution < 1.29 is 4.74 Å². The second-order valence-electron chi connectivity index (χ2n) is 6.95. The van der Waals surface area contributed by atoms with Gasteiger partial charge in [0, 0.05) is 19.2 Å². The Bertz CT molecular complexity index is 246. The minimum absolute atomic E-state index is 0.778. The third kappa shape index (κ3) is 3.48. The van der Waals surface area contributed by atoms with Crippen LogP contribution in [0.2, 0.25) is 0 Å². The van der Waals surface area contributed by atoms with E-state index in [1.165, 1.54) is 64.2 Å². The molecular formula is C16H29NO. The van der Waals surface area contributed by atoms with E-state index in [9.17, 15) is 0 Å². The van der Waals surface area contributed by atoms with Gasteiger partial charge in [0.1, 0.15) is 0 Å². The lowest BCUT2D eigenvalue weighted by atomic mass is 9.71. The van der Waals surface area contributed by atoms with Gasteiger partial charge in [-0.2, -0.15) is 0 Å². The van der Waals surface area contributed by atoms with Crippen molar-refractivity contribution >= 4 is 0 Å². The van der Waals surface area contributed by atoms with Crippen LogP contribution in [0.3, 0.4) is 0 Å². The first-order valence-electron chi connectivity index (χ1n) is 8.18. The van der Waals surface area contributed by atoms with Crippen LogP contribution < -0.4 is 5.32 Å². The predicted molar refractivity (Wildman–Crippen MR) is 74.7 cm³/mol. The highest BCUT2D eigenvalue weighted by Gasteiger charge is 2.37. The van der Waals surface area contributed by atoms with Gasteiger partial charge >= 0.3 is 0 Å². The van der Waals surface area contributed by atoms with Gasteiger partial charge < -0.3 is 10.1 Å². The molecule has 0 radical (unpaired) electrons. The van der Waals surface area contributed by atoms with E-state index in [0.717, 1.165) is 37.1 Å². The van der Waals surface area contributed by atoms with Gasteiger partial charge in [-0.3, -0.25) is 0 Å². The van der Waals surface area contributed by atoms with E-state index in [1.807, 2.05) is 0 Å². The Morgan fingerprint density at radius 3 is 2.33 bits per heavy atom. The lowest BCUT2D eigenvalue weighted by Gasteiger charge is -2.37. The highest BCUT2D eigenvalue weighted by Crippen LogP contribution is 2.48. The van der Waals surface area contributed by atoms with Crippen LogP contribution in [-0.4, -0.2) is 25.8 Å². The fraction of sp³-hybridized carbons (Fsp3) is 1.00. The maximum absolute atomic E-state index is 5.68. The molecule has 0 aromatic rings. The molecule has 0 amide bonds. The number of ether oxygens (including phenoxy) is 1. The number of hydrogen-bond acceptors (Lipinski definition) is 2. The summed E-state index contributed by atoms with van der Waals surface area (Å²) in [4.78, 5) is 0. The molecule has 3 aliphatic rings. The summed E-state index contributed by atoms with van der Waals surface area (Å²) >= 11 is 0. The number of hydrogen-bond donors (Lipinski definition) is 1. The van der Waals surface area contributed by atoms with Gasteiger partial charge in [0.2, 0.25) is 0 Å². The lowest BCUT2D eigenvalue weighted by molar-refractivity contribution is 0.116. The fourth-order valence-corrected chi connectivity index (χ4v) is 3.93. The normalized spacial score (nSPS) is 28.0. The van der Waals surface area contributed by atoms with Crippen LogP contribution >= 0.6 is 0 Å². The number of rotatable bonds is 6. The Balaban J connectivity index is 1.25. The van der Waals surface area contributed by atoms with Crippen LogP contribution in [0.1, 0.15) is 64.2 Å². The highest BCUT2D eigenvalue weighted by atomic mass is 16.5. The van der Waals surface area contributed by atoms with E-state index in [-0.39, 0.29) is 0 Å². The summed E-state index contributed by atoms with van der Waals surface area (Å²) in [6.07, 6.45) is 14.6. The van der Waals surface area contributed by atoms with E-state index in [2.05, 4.69) is 5.32 Å². The average molecular weight is 251 g/mol. The third-order valence-corrected chi connectivity index (χ3v) is 5.44. The zero-order chi connectivity index (χ0) is 12.3. The van der Waals surface area contributed by atoms with Crippen molar-refractivity contribution in [3.05, 3.63) is 0 Å². The Morgan fingerprint density at radius 1 is 0.944 bits per heavy atom. The summed E-state index contributed by atoms with van der Waals surface area (Å²) in [6, 6.07) is 0.778. The van der Waals surface area contributed by atoms with Crippen molar-refractivity contribution in [2.24, 2.45) is 11.3 Å². The molecule has 18 heavy (non-hydrogen) atoms. The second kappa shape index (κ2) is 5.92. The second-order valence-corrected chi connectivity index (χ2v) is 6.95. The van der Waals surface area contributed by atoms with Gasteiger partial charge in [-0.15, -0.1) is 0 Å². The molecule has 1 N–H and O–H groups in total. The van der Waals surface area contributed by atoms with Crippen LogP contribution in [0.5, 0.6) is 0 Å². The van der Waals surface area contributed by atoms with Crippen molar-refractivity contribution in [3.8, 4) is 0 Å². The van der Waals surface area contributed by atoms with Crippen LogP contribution in [0.25, 0.3) is 0 Å². The molecule has 0 aliphatic heterocycles.